The normalized spacial score (nSPS) is 12.3. The number of rotatable bonds is 5. The number of para-hydroxylation sites is 1. The summed E-state index contributed by atoms with van der Waals surface area (Å²) < 4.78 is 1.91. The first kappa shape index (κ1) is 18.6. The minimum atomic E-state index is -0.114. The van der Waals surface area contributed by atoms with Crippen molar-refractivity contribution < 1.29 is 4.79 Å². The second-order valence-corrected chi connectivity index (χ2v) is 6.75. The maximum atomic E-state index is 12.4. The SMILES string of the molecule is Cc1ccccc1C(C)NC(=O)/C=C/c1c(C)nn(-c2ccccc2)c1C. The molecule has 0 bridgehead atoms. The molecule has 0 aliphatic heterocycles. The molecule has 27 heavy (non-hydrogen) atoms. The van der Waals surface area contributed by atoms with Crippen molar-refractivity contribution in [3.05, 3.63) is 88.8 Å². The second kappa shape index (κ2) is 8.04. The van der Waals surface area contributed by atoms with Gasteiger partial charge in [0.05, 0.1) is 17.4 Å². The van der Waals surface area contributed by atoms with E-state index in [9.17, 15) is 4.79 Å². The lowest BCUT2D eigenvalue weighted by Gasteiger charge is -2.15. The Labute approximate surface area is 160 Å². The predicted octanol–water partition coefficient (Wildman–Crippen LogP) is 4.69. The summed E-state index contributed by atoms with van der Waals surface area (Å²) in [6.45, 7) is 8.02. The van der Waals surface area contributed by atoms with E-state index >= 15 is 0 Å². The van der Waals surface area contributed by atoms with Crippen LogP contribution in [-0.2, 0) is 4.79 Å². The van der Waals surface area contributed by atoms with Crippen LogP contribution >= 0.6 is 0 Å². The van der Waals surface area contributed by atoms with E-state index in [1.807, 2.05) is 80.1 Å². The van der Waals surface area contributed by atoms with Gasteiger partial charge in [-0.3, -0.25) is 4.79 Å². The van der Waals surface area contributed by atoms with Crippen LogP contribution in [-0.4, -0.2) is 15.7 Å². The van der Waals surface area contributed by atoms with Crippen LogP contribution in [0.15, 0.2) is 60.7 Å². The van der Waals surface area contributed by atoms with Crippen LogP contribution in [0.1, 0.15) is 41.0 Å². The number of hydrogen-bond donors (Lipinski definition) is 1. The van der Waals surface area contributed by atoms with Crippen molar-refractivity contribution in [3.8, 4) is 5.69 Å². The zero-order valence-corrected chi connectivity index (χ0v) is 16.2. The third-order valence-corrected chi connectivity index (χ3v) is 4.76. The van der Waals surface area contributed by atoms with Gasteiger partial charge >= 0.3 is 0 Å². The van der Waals surface area contributed by atoms with Crippen LogP contribution < -0.4 is 5.32 Å². The Bertz CT molecular complexity index is 971. The average Bonchev–Trinajstić information content (AvgIpc) is 2.95. The number of benzene rings is 2. The van der Waals surface area contributed by atoms with Gasteiger partial charge in [-0.1, -0.05) is 42.5 Å². The molecule has 1 N–H and O–H groups in total. The number of aromatic nitrogens is 2. The van der Waals surface area contributed by atoms with Crippen LogP contribution in [0.4, 0.5) is 0 Å². The average molecular weight is 359 g/mol. The van der Waals surface area contributed by atoms with E-state index < -0.39 is 0 Å². The van der Waals surface area contributed by atoms with Crippen LogP contribution in [0.2, 0.25) is 0 Å². The molecule has 0 spiro atoms. The molecule has 1 atom stereocenters. The highest BCUT2D eigenvalue weighted by Crippen LogP contribution is 2.20. The maximum absolute atomic E-state index is 12.4. The number of nitrogens with zero attached hydrogens (tertiary/aromatic N) is 2. The summed E-state index contributed by atoms with van der Waals surface area (Å²) in [4.78, 5) is 12.4. The van der Waals surface area contributed by atoms with E-state index in [1.165, 1.54) is 5.56 Å². The topological polar surface area (TPSA) is 46.9 Å². The standard InChI is InChI=1S/C23H25N3O/c1-16-10-8-9-13-21(16)17(2)24-23(27)15-14-22-18(3)25-26(19(22)4)20-11-6-5-7-12-20/h5-15,17H,1-4H3,(H,24,27)/b15-14+. The molecule has 1 amide bonds. The van der Waals surface area contributed by atoms with Gasteiger partial charge in [-0.2, -0.15) is 5.10 Å². The van der Waals surface area contributed by atoms with Crippen molar-refractivity contribution in [1.29, 1.82) is 0 Å². The number of carbonyl (C=O) groups excluding carboxylic acids is 1. The smallest absolute Gasteiger partial charge is 0.244 e. The van der Waals surface area contributed by atoms with E-state index in [0.717, 1.165) is 28.2 Å². The summed E-state index contributed by atoms with van der Waals surface area (Å²) in [7, 11) is 0. The molecule has 1 unspecified atom stereocenters. The number of hydrogen-bond acceptors (Lipinski definition) is 2. The van der Waals surface area contributed by atoms with Gasteiger partial charge in [0.15, 0.2) is 0 Å². The van der Waals surface area contributed by atoms with E-state index in [4.69, 9.17) is 0 Å². The highest BCUT2D eigenvalue weighted by atomic mass is 16.1. The van der Waals surface area contributed by atoms with Crippen LogP contribution in [0, 0.1) is 20.8 Å². The Balaban J connectivity index is 1.75. The van der Waals surface area contributed by atoms with Crippen molar-refractivity contribution in [2.45, 2.75) is 33.7 Å². The lowest BCUT2D eigenvalue weighted by atomic mass is 10.0. The van der Waals surface area contributed by atoms with Gasteiger partial charge in [0, 0.05) is 17.3 Å². The fourth-order valence-electron chi connectivity index (χ4n) is 3.29. The van der Waals surface area contributed by atoms with Crippen LogP contribution in [0.25, 0.3) is 11.8 Å². The molecule has 0 aliphatic carbocycles. The summed E-state index contributed by atoms with van der Waals surface area (Å²) in [5.41, 5.74) is 6.18. The van der Waals surface area contributed by atoms with Crippen molar-refractivity contribution >= 4 is 12.0 Å². The van der Waals surface area contributed by atoms with E-state index in [-0.39, 0.29) is 11.9 Å². The zero-order valence-electron chi connectivity index (χ0n) is 16.2. The summed E-state index contributed by atoms with van der Waals surface area (Å²) in [6.07, 6.45) is 3.43. The molecule has 0 aliphatic rings. The van der Waals surface area contributed by atoms with Gasteiger partial charge in [0.25, 0.3) is 0 Å². The first-order valence-electron chi connectivity index (χ1n) is 9.13. The van der Waals surface area contributed by atoms with Gasteiger partial charge in [-0.25, -0.2) is 4.68 Å². The maximum Gasteiger partial charge on any atom is 0.244 e. The Morgan fingerprint density at radius 2 is 1.70 bits per heavy atom. The first-order chi connectivity index (χ1) is 13.0. The fourth-order valence-corrected chi connectivity index (χ4v) is 3.29. The molecule has 4 nitrogen and oxygen atoms in total. The molecule has 1 aromatic heterocycles. The summed E-state index contributed by atoms with van der Waals surface area (Å²) in [6, 6.07) is 18.0. The molecular weight excluding hydrogens is 334 g/mol. The van der Waals surface area contributed by atoms with Crippen LogP contribution in [0.5, 0.6) is 0 Å². The number of carbonyl (C=O) groups is 1. The number of nitrogens with one attached hydrogen (secondary N) is 1. The van der Waals surface area contributed by atoms with Gasteiger partial charge in [-0.15, -0.1) is 0 Å². The predicted molar refractivity (Wildman–Crippen MR) is 110 cm³/mol. The van der Waals surface area contributed by atoms with E-state index in [1.54, 1.807) is 6.08 Å². The highest BCUT2D eigenvalue weighted by Gasteiger charge is 2.12. The van der Waals surface area contributed by atoms with Crippen molar-refractivity contribution in [2.24, 2.45) is 0 Å². The largest absolute Gasteiger partial charge is 0.346 e. The Morgan fingerprint density at radius 3 is 2.41 bits per heavy atom. The minimum Gasteiger partial charge on any atom is -0.346 e. The molecule has 0 radical (unpaired) electrons. The Morgan fingerprint density at radius 1 is 1.04 bits per heavy atom. The quantitative estimate of drug-likeness (QED) is 0.672. The van der Waals surface area contributed by atoms with Crippen LogP contribution in [0.3, 0.4) is 0 Å². The molecule has 3 aromatic rings. The van der Waals surface area contributed by atoms with Crippen molar-refractivity contribution in [3.63, 3.8) is 0 Å². The van der Waals surface area contributed by atoms with Gasteiger partial charge in [0.2, 0.25) is 5.91 Å². The monoisotopic (exact) mass is 359 g/mol. The molecule has 2 aromatic carbocycles. The molecule has 0 fully saturated rings. The minimum absolute atomic E-state index is 0.0439. The first-order valence-corrected chi connectivity index (χ1v) is 9.13. The molecule has 1 heterocycles. The summed E-state index contributed by atoms with van der Waals surface area (Å²) in [5, 5.41) is 7.64. The lowest BCUT2D eigenvalue weighted by Crippen LogP contribution is -2.25. The third kappa shape index (κ3) is 4.17. The summed E-state index contributed by atoms with van der Waals surface area (Å²) >= 11 is 0. The van der Waals surface area contributed by atoms with Crippen molar-refractivity contribution in [2.75, 3.05) is 0 Å². The molecule has 0 saturated carbocycles. The van der Waals surface area contributed by atoms with E-state index in [2.05, 4.69) is 23.4 Å². The second-order valence-electron chi connectivity index (χ2n) is 6.75. The van der Waals surface area contributed by atoms with Crippen molar-refractivity contribution in [1.82, 2.24) is 15.1 Å². The highest BCUT2D eigenvalue weighted by molar-refractivity contribution is 5.92. The third-order valence-electron chi connectivity index (χ3n) is 4.76. The molecule has 4 heteroatoms. The van der Waals surface area contributed by atoms with Gasteiger partial charge in [0.1, 0.15) is 0 Å². The Hall–Kier alpha value is -3.14. The fraction of sp³-hybridized carbons (Fsp3) is 0.217. The van der Waals surface area contributed by atoms with E-state index in [0.29, 0.717) is 0 Å². The Kier molecular flexibility index (Phi) is 5.55. The molecule has 0 saturated heterocycles. The molecule has 3 rings (SSSR count). The van der Waals surface area contributed by atoms with Gasteiger partial charge in [-0.05, 0) is 57.0 Å². The number of amides is 1. The zero-order chi connectivity index (χ0) is 19.4. The summed E-state index contributed by atoms with van der Waals surface area (Å²) in [5.74, 6) is -0.114. The lowest BCUT2D eigenvalue weighted by molar-refractivity contribution is -0.117. The molecule has 138 valence electrons. The molecular formula is C23H25N3O. The van der Waals surface area contributed by atoms with Gasteiger partial charge < -0.3 is 5.32 Å². The number of aryl methyl sites for hydroxylation is 2.